The van der Waals surface area contributed by atoms with E-state index in [1.54, 1.807) is 0 Å². The van der Waals surface area contributed by atoms with Crippen LogP contribution in [0.1, 0.15) is 5.56 Å². The number of hydrogen-bond donors (Lipinski definition) is 1. The zero-order chi connectivity index (χ0) is 12.0. The van der Waals surface area contributed by atoms with Crippen LogP contribution in [-0.2, 0) is 0 Å². The molecule has 0 saturated heterocycles. The van der Waals surface area contributed by atoms with Gasteiger partial charge >= 0.3 is 5.69 Å². The van der Waals surface area contributed by atoms with Gasteiger partial charge in [0.05, 0.1) is 11.5 Å². The van der Waals surface area contributed by atoms with Crippen LogP contribution in [0.25, 0.3) is 10.4 Å². The second-order valence-electron chi connectivity index (χ2n) is 2.65. The molecule has 0 atom stereocenters. The van der Waals surface area contributed by atoms with Gasteiger partial charge in [0.2, 0.25) is 0 Å². The normalized spacial score (nSPS) is 8.50. The van der Waals surface area contributed by atoms with Gasteiger partial charge in [-0.1, -0.05) is 17.0 Å². The first kappa shape index (κ1) is 11.4. The fraction of sp³-hybridized carbons (Fsp3) is 0.111. The topological polar surface area (TPSA) is 112 Å². The lowest BCUT2D eigenvalue weighted by atomic mass is 10.2. The van der Waals surface area contributed by atoms with E-state index in [-0.39, 0.29) is 12.2 Å². The molecule has 0 aliphatic heterocycles. The number of azide groups is 1. The lowest BCUT2D eigenvalue weighted by molar-refractivity contribution is -0.385. The van der Waals surface area contributed by atoms with E-state index in [0.717, 1.165) is 6.07 Å². The maximum atomic E-state index is 10.4. The molecule has 0 fully saturated rings. The Kier molecular flexibility index (Phi) is 3.72. The number of aromatic hydroxyl groups is 1. The molecule has 0 aliphatic rings. The van der Waals surface area contributed by atoms with Crippen molar-refractivity contribution in [2.75, 3.05) is 6.54 Å². The zero-order valence-electron chi connectivity index (χ0n) is 7.99. The van der Waals surface area contributed by atoms with Crippen molar-refractivity contribution in [3.8, 4) is 17.6 Å². The summed E-state index contributed by atoms with van der Waals surface area (Å²) in [7, 11) is 0. The molecular formula is C9H6N4O3. The van der Waals surface area contributed by atoms with Crippen LogP contribution in [-0.4, -0.2) is 16.6 Å². The molecule has 0 radical (unpaired) electrons. The Labute approximate surface area is 90.1 Å². The minimum absolute atomic E-state index is 0.00818. The lowest BCUT2D eigenvalue weighted by Crippen LogP contribution is -1.88. The van der Waals surface area contributed by atoms with Crippen molar-refractivity contribution in [2.45, 2.75) is 0 Å². The third-order valence-electron chi connectivity index (χ3n) is 1.62. The third kappa shape index (κ3) is 2.90. The molecule has 7 heteroatoms. The number of benzene rings is 1. The molecule has 1 aromatic rings. The minimum atomic E-state index is -0.688. The molecule has 0 unspecified atom stereocenters. The van der Waals surface area contributed by atoms with Crippen molar-refractivity contribution < 1.29 is 10.0 Å². The Balaban J connectivity index is 2.92. The number of phenolic OH excluding ortho intramolecular Hbond substituents is 1. The number of nitro benzene ring substituents is 1. The molecule has 0 heterocycles. The number of rotatable bonds is 2. The van der Waals surface area contributed by atoms with Crippen molar-refractivity contribution in [2.24, 2.45) is 5.11 Å². The second-order valence-corrected chi connectivity index (χ2v) is 2.65. The van der Waals surface area contributed by atoms with Gasteiger partial charge < -0.3 is 5.11 Å². The third-order valence-corrected chi connectivity index (χ3v) is 1.62. The van der Waals surface area contributed by atoms with Gasteiger partial charge in [-0.15, -0.1) is 0 Å². The van der Waals surface area contributed by atoms with Gasteiger partial charge in [0.15, 0.2) is 5.75 Å². The summed E-state index contributed by atoms with van der Waals surface area (Å²) >= 11 is 0. The Morgan fingerprint density at radius 1 is 1.62 bits per heavy atom. The van der Waals surface area contributed by atoms with E-state index in [2.05, 4.69) is 21.9 Å². The van der Waals surface area contributed by atoms with E-state index in [9.17, 15) is 15.2 Å². The maximum absolute atomic E-state index is 10.4. The smallest absolute Gasteiger partial charge is 0.310 e. The van der Waals surface area contributed by atoms with Crippen molar-refractivity contribution >= 4 is 5.69 Å². The summed E-state index contributed by atoms with van der Waals surface area (Å²) in [5.41, 5.74) is 8.02. The number of nitrogens with zero attached hydrogens (tertiary/aromatic N) is 4. The summed E-state index contributed by atoms with van der Waals surface area (Å²) < 4.78 is 0. The van der Waals surface area contributed by atoms with Crippen LogP contribution in [0.15, 0.2) is 23.3 Å². The van der Waals surface area contributed by atoms with Crippen LogP contribution < -0.4 is 0 Å². The first-order chi connectivity index (χ1) is 7.65. The summed E-state index contributed by atoms with van der Waals surface area (Å²) in [4.78, 5) is 12.2. The van der Waals surface area contributed by atoms with Crippen LogP contribution in [0.5, 0.6) is 5.75 Å². The molecular weight excluding hydrogens is 212 g/mol. The second kappa shape index (κ2) is 5.24. The van der Waals surface area contributed by atoms with Crippen LogP contribution in [0.2, 0.25) is 0 Å². The quantitative estimate of drug-likeness (QED) is 0.204. The highest BCUT2D eigenvalue weighted by Gasteiger charge is 2.11. The standard InChI is InChI=1S/C9H6N4O3/c10-12-11-5-1-2-7-3-4-8(13(15)16)9(14)6-7/h3-4,6,14H,5H2. The van der Waals surface area contributed by atoms with Gasteiger partial charge in [0.25, 0.3) is 0 Å². The van der Waals surface area contributed by atoms with Crippen LogP contribution in [0.3, 0.4) is 0 Å². The highest BCUT2D eigenvalue weighted by molar-refractivity contribution is 5.51. The van der Waals surface area contributed by atoms with Crippen molar-refractivity contribution in [1.82, 2.24) is 0 Å². The molecule has 0 bridgehead atoms. The van der Waals surface area contributed by atoms with E-state index in [1.165, 1.54) is 12.1 Å². The fourth-order valence-electron chi connectivity index (χ4n) is 0.964. The predicted molar refractivity (Wildman–Crippen MR) is 55.7 cm³/mol. The molecule has 7 nitrogen and oxygen atoms in total. The van der Waals surface area contributed by atoms with Crippen LogP contribution >= 0.6 is 0 Å². The average molecular weight is 218 g/mol. The molecule has 1 rings (SSSR count). The zero-order valence-corrected chi connectivity index (χ0v) is 7.99. The number of hydrogen-bond acceptors (Lipinski definition) is 4. The molecule has 0 spiro atoms. The van der Waals surface area contributed by atoms with Crippen LogP contribution in [0.4, 0.5) is 5.69 Å². The molecule has 1 N–H and O–H groups in total. The average Bonchev–Trinajstić information content (AvgIpc) is 2.24. The first-order valence-corrected chi connectivity index (χ1v) is 4.12. The molecule has 1 aromatic carbocycles. The van der Waals surface area contributed by atoms with E-state index < -0.39 is 10.7 Å². The summed E-state index contributed by atoms with van der Waals surface area (Å²) in [6.45, 7) is 0.00818. The first-order valence-electron chi connectivity index (χ1n) is 4.12. The Morgan fingerprint density at radius 3 is 2.94 bits per heavy atom. The van der Waals surface area contributed by atoms with Crippen LogP contribution in [0, 0.1) is 22.0 Å². The lowest BCUT2D eigenvalue weighted by Gasteiger charge is -1.95. The fourth-order valence-corrected chi connectivity index (χ4v) is 0.964. The van der Waals surface area contributed by atoms with E-state index >= 15 is 0 Å². The molecule has 0 aromatic heterocycles. The Morgan fingerprint density at radius 2 is 2.38 bits per heavy atom. The Bertz CT molecular complexity index is 523. The number of phenols is 1. The van der Waals surface area contributed by atoms with Gasteiger partial charge in [0, 0.05) is 22.6 Å². The molecule has 0 aliphatic carbocycles. The molecule has 80 valence electrons. The molecule has 0 amide bonds. The van der Waals surface area contributed by atoms with Crippen molar-refractivity contribution in [1.29, 1.82) is 0 Å². The largest absolute Gasteiger partial charge is 0.502 e. The summed E-state index contributed by atoms with van der Waals surface area (Å²) in [5, 5.41) is 22.9. The van der Waals surface area contributed by atoms with Gasteiger partial charge in [0.1, 0.15) is 0 Å². The monoisotopic (exact) mass is 218 g/mol. The van der Waals surface area contributed by atoms with Crippen molar-refractivity contribution in [3.05, 3.63) is 44.3 Å². The summed E-state index contributed by atoms with van der Waals surface area (Å²) in [6.07, 6.45) is 0. The van der Waals surface area contributed by atoms with E-state index in [1.807, 2.05) is 0 Å². The van der Waals surface area contributed by atoms with Crippen molar-refractivity contribution in [3.63, 3.8) is 0 Å². The highest BCUT2D eigenvalue weighted by Crippen LogP contribution is 2.25. The maximum Gasteiger partial charge on any atom is 0.310 e. The summed E-state index contributed by atoms with van der Waals surface area (Å²) in [5.74, 6) is 4.67. The SMILES string of the molecule is [N-]=[N+]=NCC#Cc1ccc([N+](=O)[O-])c(O)c1. The van der Waals surface area contributed by atoms with E-state index in [0.29, 0.717) is 5.56 Å². The summed E-state index contributed by atoms with van der Waals surface area (Å²) in [6, 6.07) is 3.75. The van der Waals surface area contributed by atoms with Gasteiger partial charge in [-0.2, -0.15) is 0 Å². The minimum Gasteiger partial charge on any atom is -0.502 e. The Hall–Kier alpha value is -2.71. The number of nitro groups is 1. The van der Waals surface area contributed by atoms with Gasteiger partial charge in [-0.25, -0.2) is 0 Å². The highest BCUT2D eigenvalue weighted by atomic mass is 16.6. The molecule has 16 heavy (non-hydrogen) atoms. The van der Waals surface area contributed by atoms with E-state index in [4.69, 9.17) is 5.53 Å². The van der Waals surface area contributed by atoms with Gasteiger partial charge in [-0.3, -0.25) is 10.1 Å². The predicted octanol–water partition coefficient (Wildman–Crippen LogP) is 1.96. The van der Waals surface area contributed by atoms with Gasteiger partial charge in [-0.05, 0) is 11.6 Å². The molecule has 0 saturated carbocycles.